The van der Waals surface area contributed by atoms with Gasteiger partial charge in [0.25, 0.3) is 5.91 Å². The van der Waals surface area contributed by atoms with E-state index in [1.165, 1.54) is 31.2 Å². The summed E-state index contributed by atoms with van der Waals surface area (Å²) in [5.41, 5.74) is 1.58. The zero-order valence-electron chi connectivity index (χ0n) is 15.7. The van der Waals surface area contributed by atoms with Gasteiger partial charge in [0.2, 0.25) is 6.10 Å². The number of nitrogens with one attached hydrogen (secondary N) is 1. The number of rotatable bonds is 6. The Morgan fingerprint density at radius 3 is 2.21 bits per heavy atom. The van der Waals surface area contributed by atoms with Crippen LogP contribution < -0.4 is 5.32 Å². The molecule has 0 fully saturated rings. The fourth-order valence-corrected chi connectivity index (χ4v) is 2.70. The highest BCUT2D eigenvalue weighted by atomic mass is 16.5. The summed E-state index contributed by atoms with van der Waals surface area (Å²) in [5.74, 6) is -1.36. The number of carbonyl (C=O) groups is 3. The number of carbonyl (C=O) groups excluding carboxylic acids is 3. The van der Waals surface area contributed by atoms with Crippen LogP contribution in [0, 0.1) is 0 Å². The van der Waals surface area contributed by atoms with Crippen LogP contribution in [0.4, 0.5) is 5.69 Å². The van der Waals surface area contributed by atoms with Gasteiger partial charge in [-0.05, 0) is 43.3 Å². The molecule has 29 heavy (non-hydrogen) atoms. The second-order valence-electron chi connectivity index (χ2n) is 6.37. The van der Waals surface area contributed by atoms with Crippen molar-refractivity contribution < 1.29 is 24.2 Å². The molecule has 3 rings (SSSR count). The molecule has 0 bridgehead atoms. The first-order valence-electron chi connectivity index (χ1n) is 8.91. The molecule has 0 aliphatic heterocycles. The van der Waals surface area contributed by atoms with Gasteiger partial charge in [0, 0.05) is 16.8 Å². The third kappa shape index (κ3) is 5.07. The van der Waals surface area contributed by atoms with Crippen LogP contribution >= 0.6 is 0 Å². The maximum atomic E-state index is 12.9. The molecule has 0 heterocycles. The molecule has 146 valence electrons. The highest BCUT2D eigenvalue weighted by Gasteiger charge is 2.26. The second-order valence-corrected chi connectivity index (χ2v) is 6.37. The molecule has 0 aliphatic rings. The molecular weight excluding hydrogens is 370 g/mol. The minimum Gasteiger partial charge on any atom is -0.508 e. The maximum Gasteiger partial charge on any atom is 0.339 e. The van der Waals surface area contributed by atoms with Crippen molar-refractivity contribution in [2.75, 3.05) is 5.32 Å². The van der Waals surface area contributed by atoms with E-state index in [0.29, 0.717) is 16.8 Å². The van der Waals surface area contributed by atoms with Gasteiger partial charge in [0.05, 0.1) is 5.56 Å². The Bertz CT molecular complexity index is 1030. The fourth-order valence-electron chi connectivity index (χ4n) is 2.70. The number of esters is 1. The Balaban J connectivity index is 1.84. The van der Waals surface area contributed by atoms with Crippen LogP contribution in [0.1, 0.15) is 39.3 Å². The van der Waals surface area contributed by atoms with Crippen LogP contribution in [0.3, 0.4) is 0 Å². The van der Waals surface area contributed by atoms with Gasteiger partial charge in [0.1, 0.15) is 5.75 Å². The van der Waals surface area contributed by atoms with Gasteiger partial charge in [-0.3, -0.25) is 9.59 Å². The number of hydrogen-bond acceptors (Lipinski definition) is 5. The number of benzene rings is 3. The Labute approximate surface area is 167 Å². The lowest BCUT2D eigenvalue weighted by molar-refractivity contribution is -0.125. The summed E-state index contributed by atoms with van der Waals surface area (Å²) in [6, 6.07) is 20.7. The zero-order chi connectivity index (χ0) is 20.8. The monoisotopic (exact) mass is 389 g/mol. The van der Waals surface area contributed by atoms with Crippen molar-refractivity contribution in [3.8, 4) is 5.75 Å². The topological polar surface area (TPSA) is 92.7 Å². The summed E-state index contributed by atoms with van der Waals surface area (Å²) in [7, 11) is 0. The first-order chi connectivity index (χ1) is 13.9. The number of Topliss-reactive ketones (excluding diaryl/α,β-unsaturated/α-hetero) is 1. The molecule has 0 aliphatic carbocycles. The molecule has 0 spiro atoms. The Morgan fingerprint density at radius 2 is 1.55 bits per heavy atom. The number of aromatic hydroxyl groups is 1. The lowest BCUT2D eigenvalue weighted by Gasteiger charge is -2.18. The minimum absolute atomic E-state index is 0.0178. The summed E-state index contributed by atoms with van der Waals surface area (Å²) in [4.78, 5) is 37.0. The molecule has 1 atom stereocenters. The van der Waals surface area contributed by atoms with Gasteiger partial charge in [-0.2, -0.15) is 0 Å². The van der Waals surface area contributed by atoms with Gasteiger partial charge in [-0.1, -0.05) is 42.5 Å². The predicted octanol–water partition coefficient (Wildman–Crippen LogP) is 4.13. The third-order valence-electron chi connectivity index (χ3n) is 4.20. The normalized spacial score (nSPS) is 11.3. The van der Waals surface area contributed by atoms with Crippen LogP contribution in [-0.4, -0.2) is 22.8 Å². The molecular formula is C23H19NO5. The van der Waals surface area contributed by atoms with Crippen LogP contribution in [0.15, 0.2) is 78.9 Å². The van der Waals surface area contributed by atoms with E-state index in [-0.39, 0.29) is 17.1 Å². The van der Waals surface area contributed by atoms with E-state index in [4.69, 9.17) is 4.74 Å². The SMILES string of the molecule is CC(=O)c1cccc(NC(=O)[C@H](OC(=O)c2ccc(O)cc2)c2ccccc2)c1. The molecule has 0 radical (unpaired) electrons. The first kappa shape index (κ1) is 19.8. The smallest absolute Gasteiger partial charge is 0.339 e. The average molecular weight is 389 g/mol. The molecule has 6 heteroatoms. The molecule has 6 nitrogen and oxygen atoms in total. The number of hydrogen-bond donors (Lipinski definition) is 2. The Morgan fingerprint density at radius 1 is 0.862 bits per heavy atom. The van der Waals surface area contributed by atoms with E-state index in [2.05, 4.69) is 5.32 Å². The number of phenols is 1. The van der Waals surface area contributed by atoms with Crippen LogP contribution in [0.25, 0.3) is 0 Å². The number of phenolic OH excluding ortho intramolecular Hbond substituents is 1. The lowest BCUT2D eigenvalue weighted by Crippen LogP contribution is -2.26. The Hall–Kier alpha value is -3.93. The van der Waals surface area contributed by atoms with Crippen molar-refractivity contribution in [1.29, 1.82) is 0 Å². The standard InChI is InChI=1S/C23H19NO5/c1-15(25)18-8-5-9-19(14-18)24-22(27)21(16-6-3-2-4-7-16)29-23(28)17-10-12-20(26)13-11-17/h2-14,21,26H,1H3,(H,24,27)/t21-/m1/s1. The van der Waals surface area contributed by atoms with Gasteiger partial charge in [-0.25, -0.2) is 4.79 Å². The predicted molar refractivity (Wildman–Crippen MR) is 108 cm³/mol. The van der Waals surface area contributed by atoms with Crippen molar-refractivity contribution >= 4 is 23.3 Å². The summed E-state index contributed by atoms with van der Waals surface area (Å²) in [6.45, 7) is 1.44. The largest absolute Gasteiger partial charge is 0.508 e. The molecule has 3 aromatic carbocycles. The number of ketones is 1. The lowest BCUT2D eigenvalue weighted by atomic mass is 10.1. The minimum atomic E-state index is -1.20. The van der Waals surface area contributed by atoms with E-state index in [9.17, 15) is 19.5 Å². The van der Waals surface area contributed by atoms with Crippen LogP contribution in [0.2, 0.25) is 0 Å². The molecule has 2 N–H and O–H groups in total. The van der Waals surface area contributed by atoms with Crippen molar-refractivity contribution in [2.24, 2.45) is 0 Å². The number of anilines is 1. The van der Waals surface area contributed by atoms with Crippen molar-refractivity contribution in [1.82, 2.24) is 0 Å². The maximum absolute atomic E-state index is 12.9. The van der Waals surface area contributed by atoms with E-state index in [1.54, 1.807) is 54.6 Å². The number of ether oxygens (including phenoxy) is 1. The molecule has 1 amide bonds. The summed E-state index contributed by atoms with van der Waals surface area (Å²) in [5, 5.41) is 12.1. The Kier molecular flexibility index (Phi) is 6.04. The highest BCUT2D eigenvalue weighted by Crippen LogP contribution is 2.23. The quantitative estimate of drug-likeness (QED) is 0.488. The van der Waals surface area contributed by atoms with E-state index >= 15 is 0 Å². The average Bonchev–Trinajstić information content (AvgIpc) is 2.73. The zero-order valence-corrected chi connectivity index (χ0v) is 15.7. The van der Waals surface area contributed by atoms with Crippen molar-refractivity contribution in [2.45, 2.75) is 13.0 Å². The molecule has 0 saturated heterocycles. The number of amides is 1. The third-order valence-corrected chi connectivity index (χ3v) is 4.20. The molecule has 3 aromatic rings. The van der Waals surface area contributed by atoms with Gasteiger partial charge < -0.3 is 15.2 Å². The van der Waals surface area contributed by atoms with Gasteiger partial charge in [0.15, 0.2) is 5.78 Å². The molecule has 0 unspecified atom stereocenters. The molecule has 0 aromatic heterocycles. The fraction of sp³-hybridized carbons (Fsp3) is 0.0870. The van der Waals surface area contributed by atoms with Crippen molar-refractivity contribution in [3.05, 3.63) is 95.6 Å². The summed E-state index contributed by atoms with van der Waals surface area (Å²) >= 11 is 0. The van der Waals surface area contributed by atoms with Crippen LogP contribution in [-0.2, 0) is 9.53 Å². The molecule has 0 saturated carbocycles. The second kappa shape index (κ2) is 8.84. The van der Waals surface area contributed by atoms with E-state index < -0.39 is 18.0 Å². The summed E-state index contributed by atoms with van der Waals surface area (Å²) in [6.07, 6.45) is -1.20. The first-order valence-corrected chi connectivity index (χ1v) is 8.91. The van der Waals surface area contributed by atoms with E-state index in [1.807, 2.05) is 0 Å². The highest BCUT2D eigenvalue weighted by molar-refractivity contribution is 6.00. The van der Waals surface area contributed by atoms with Crippen LogP contribution in [0.5, 0.6) is 5.75 Å². The van der Waals surface area contributed by atoms with Crippen molar-refractivity contribution in [3.63, 3.8) is 0 Å². The van der Waals surface area contributed by atoms with Gasteiger partial charge in [-0.15, -0.1) is 0 Å². The summed E-state index contributed by atoms with van der Waals surface area (Å²) < 4.78 is 5.47. The van der Waals surface area contributed by atoms with Gasteiger partial charge >= 0.3 is 5.97 Å². The van der Waals surface area contributed by atoms with E-state index in [0.717, 1.165) is 0 Å².